The molecule has 0 aliphatic carbocycles. The number of carbonyl (C=O) groups is 2. The van der Waals surface area contributed by atoms with Gasteiger partial charge in [0, 0.05) is 50.5 Å². The first-order valence-corrected chi connectivity index (χ1v) is 18.6. The van der Waals surface area contributed by atoms with Gasteiger partial charge in [-0.25, -0.2) is 19.4 Å². The summed E-state index contributed by atoms with van der Waals surface area (Å²) in [5.74, 6) is 0.776. The highest BCUT2D eigenvalue weighted by Gasteiger charge is 2.47. The molecule has 47 heavy (non-hydrogen) atoms. The molecule has 4 rings (SSSR count). The maximum Gasteiger partial charge on any atom is 0.414 e. The number of aryl methyl sites for hydroxylation is 1. The van der Waals surface area contributed by atoms with E-state index in [0.717, 1.165) is 11.3 Å². The van der Waals surface area contributed by atoms with Gasteiger partial charge < -0.3 is 19.4 Å². The summed E-state index contributed by atoms with van der Waals surface area (Å²) in [6.07, 6.45) is 1.13. The molecular formula is C34H48N8O4Si. The van der Waals surface area contributed by atoms with Gasteiger partial charge in [-0.05, 0) is 69.6 Å². The molecule has 252 valence electrons. The van der Waals surface area contributed by atoms with E-state index in [-0.39, 0.29) is 17.5 Å². The zero-order valence-electron chi connectivity index (χ0n) is 29.8. The SMILES string of the molecule is Cc1cc(Nc2nccc(-c3cc(C#N)c4c(c3)[C@@](C)(CO[Si](C)(C)C(C)(C)C)CN4C(=O)OC(C)(C)C)n2)n(CC(=O)N(C)C)n1. The third-order valence-corrected chi connectivity index (χ3v) is 13.2. The van der Waals surface area contributed by atoms with E-state index in [1.807, 2.05) is 39.8 Å². The van der Waals surface area contributed by atoms with Crippen LogP contribution in [0.5, 0.6) is 0 Å². The molecule has 0 fully saturated rings. The second-order valence-electron chi connectivity index (χ2n) is 15.2. The predicted octanol–water partition coefficient (Wildman–Crippen LogP) is 6.39. The fraction of sp³-hybridized carbons (Fsp3) is 0.529. The number of ether oxygens (including phenoxy) is 1. The van der Waals surface area contributed by atoms with Crippen LogP contribution in [0.3, 0.4) is 0 Å². The van der Waals surface area contributed by atoms with Crippen molar-refractivity contribution in [3.8, 4) is 17.3 Å². The lowest BCUT2D eigenvalue weighted by molar-refractivity contribution is -0.129. The Balaban J connectivity index is 1.77. The minimum absolute atomic E-state index is 0.00661. The van der Waals surface area contributed by atoms with E-state index in [9.17, 15) is 14.9 Å². The molecule has 0 saturated heterocycles. The topological polar surface area (TPSA) is 138 Å². The number of carbonyl (C=O) groups excluding carboxylic acids is 2. The Kier molecular flexibility index (Phi) is 9.63. The molecule has 0 saturated carbocycles. The number of aromatic nitrogens is 4. The molecule has 12 nitrogen and oxygen atoms in total. The summed E-state index contributed by atoms with van der Waals surface area (Å²) in [6, 6.07) is 9.65. The van der Waals surface area contributed by atoms with E-state index < -0.39 is 25.4 Å². The molecule has 0 unspecified atom stereocenters. The van der Waals surface area contributed by atoms with Crippen molar-refractivity contribution in [3.63, 3.8) is 0 Å². The molecular weight excluding hydrogens is 613 g/mol. The molecule has 0 bridgehead atoms. The second kappa shape index (κ2) is 12.7. The molecule has 1 aromatic carbocycles. The summed E-state index contributed by atoms with van der Waals surface area (Å²) in [5, 5.41) is 18.0. The molecule has 3 aromatic rings. The van der Waals surface area contributed by atoms with Gasteiger partial charge in [0.05, 0.1) is 22.6 Å². The number of anilines is 3. The summed E-state index contributed by atoms with van der Waals surface area (Å²) in [4.78, 5) is 38.2. The van der Waals surface area contributed by atoms with Gasteiger partial charge in [-0.15, -0.1) is 0 Å². The lowest BCUT2D eigenvalue weighted by Gasteiger charge is -2.39. The van der Waals surface area contributed by atoms with E-state index in [1.54, 1.807) is 42.0 Å². The fourth-order valence-corrected chi connectivity index (χ4v) is 6.13. The van der Waals surface area contributed by atoms with Crippen LogP contribution < -0.4 is 10.2 Å². The number of nitrogens with zero attached hydrogens (tertiary/aromatic N) is 7. The molecule has 1 atom stereocenters. The van der Waals surface area contributed by atoms with Crippen LogP contribution in [0.4, 0.5) is 22.2 Å². The molecule has 1 aliphatic heterocycles. The number of rotatable bonds is 8. The van der Waals surface area contributed by atoms with Gasteiger partial charge in [0.25, 0.3) is 0 Å². The van der Waals surface area contributed by atoms with Gasteiger partial charge >= 0.3 is 6.09 Å². The fourth-order valence-electron chi connectivity index (χ4n) is 5.01. The quantitative estimate of drug-likeness (QED) is 0.273. The van der Waals surface area contributed by atoms with Crippen molar-refractivity contribution in [2.75, 3.05) is 37.5 Å². The average molecular weight is 661 g/mol. The van der Waals surface area contributed by atoms with Crippen molar-refractivity contribution in [1.29, 1.82) is 5.26 Å². The smallest absolute Gasteiger partial charge is 0.414 e. The van der Waals surface area contributed by atoms with Crippen LogP contribution >= 0.6 is 0 Å². The largest absolute Gasteiger partial charge is 0.443 e. The average Bonchev–Trinajstić information content (AvgIpc) is 3.46. The number of nitrogens with one attached hydrogen (secondary N) is 1. The maximum atomic E-state index is 13.5. The Hall–Kier alpha value is -4.28. The van der Waals surface area contributed by atoms with Gasteiger partial charge in [0.1, 0.15) is 24.0 Å². The zero-order valence-corrected chi connectivity index (χ0v) is 30.8. The lowest BCUT2D eigenvalue weighted by atomic mass is 9.83. The minimum atomic E-state index is -2.15. The number of amides is 2. The molecule has 2 aromatic heterocycles. The molecule has 3 heterocycles. The predicted molar refractivity (Wildman–Crippen MR) is 185 cm³/mol. The van der Waals surface area contributed by atoms with Crippen molar-refractivity contribution in [3.05, 3.63) is 47.3 Å². The Morgan fingerprint density at radius 1 is 1.15 bits per heavy atom. The highest BCUT2D eigenvalue weighted by molar-refractivity contribution is 6.74. The first-order chi connectivity index (χ1) is 21.6. The summed E-state index contributed by atoms with van der Waals surface area (Å²) >= 11 is 0. The highest BCUT2D eigenvalue weighted by atomic mass is 28.4. The zero-order chi connectivity index (χ0) is 35.1. The Morgan fingerprint density at radius 3 is 2.43 bits per heavy atom. The van der Waals surface area contributed by atoms with E-state index >= 15 is 0 Å². The van der Waals surface area contributed by atoms with E-state index in [2.05, 4.69) is 62.3 Å². The first-order valence-electron chi connectivity index (χ1n) is 15.7. The van der Waals surface area contributed by atoms with Crippen LogP contribution in [0.15, 0.2) is 30.5 Å². The van der Waals surface area contributed by atoms with Crippen LogP contribution in [0.2, 0.25) is 18.1 Å². The standard InChI is InChI=1S/C34H48N8O4Si/c1-22-15-27(42(39-22)19-28(43)40(9)10)38-30-36-14-13-26(37-30)23-16-24(18-35)29-25(17-23)34(8,21-45-47(11,12)33(5,6)7)20-41(29)31(44)46-32(2,3)4/h13-17H,19-21H2,1-12H3,(H,36,37,38)/t34-/m1/s1. The van der Waals surface area contributed by atoms with Crippen LogP contribution in [-0.2, 0) is 25.9 Å². The molecule has 13 heteroatoms. The Morgan fingerprint density at radius 2 is 1.83 bits per heavy atom. The molecule has 2 amide bonds. The molecule has 0 radical (unpaired) electrons. The van der Waals surface area contributed by atoms with Crippen LogP contribution in [0.25, 0.3) is 11.3 Å². The first kappa shape index (κ1) is 35.6. The van der Waals surface area contributed by atoms with Gasteiger partial charge in [-0.2, -0.15) is 10.4 Å². The minimum Gasteiger partial charge on any atom is -0.443 e. The van der Waals surface area contributed by atoms with Gasteiger partial charge in [-0.1, -0.05) is 27.7 Å². The lowest BCUT2D eigenvalue weighted by Crippen LogP contribution is -2.46. The Labute approximate surface area is 279 Å². The van der Waals surface area contributed by atoms with Crippen molar-refractivity contribution in [2.45, 2.75) is 91.1 Å². The van der Waals surface area contributed by atoms with Crippen molar-refractivity contribution < 1.29 is 18.8 Å². The van der Waals surface area contributed by atoms with Gasteiger partial charge in [0.2, 0.25) is 11.9 Å². The number of fused-ring (bicyclic) bond motifs is 1. The molecule has 1 N–H and O–H groups in total. The summed E-state index contributed by atoms with van der Waals surface area (Å²) in [5.41, 5.74) is 2.37. The number of hydrogen-bond acceptors (Lipinski definition) is 9. The normalized spacial score (nSPS) is 16.4. The van der Waals surface area contributed by atoms with E-state index in [0.29, 0.717) is 47.4 Å². The number of nitriles is 1. The van der Waals surface area contributed by atoms with Crippen LogP contribution in [-0.4, -0.2) is 77.8 Å². The summed E-state index contributed by atoms with van der Waals surface area (Å²) < 4.78 is 14.1. The molecule has 1 aliphatic rings. The van der Waals surface area contributed by atoms with Crippen LogP contribution in [0, 0.1) is 18.3 Å². The number of benzene rings is 1. The summed E-state index contributed by atoms with van der Waals surface area (Å²) in [6.45, 7) is 21.1. The monoisotopic (exact) mass is 660 g/mol. The number of hydrogen-bond donors (Lipinski definition) is 1. The van der Waals surface area contributed by atoms with Gasteiger partial charge in [0.15, 0.2) is 8.32 Å². The second-order valence-corrected chi connectivity index (χ2v) is 20.0. The third-order valence-electron chi connectivity index (χ3n) is 8.71. The third kappa shape index (κ3) is 7.82. The summed E-state index contributed by atoms with van der Waals surface area (Å²) in [7, 11) is 1.24. The van der Waals surface area contributed by atoms with E-state index in [1.165, 1.54) is 4.90 Å². The van der Waals surface area contributed by atoms with Crippen LogP contribution in [0.1, 0.15) is 65.3 Å². The van der Waals surface area contributed by atoms with Crippen molar-refractivity contribution in [2.24, 2.45) is 0 Å². The maximum absolute atomic E-state index is 13.5. The molecule has 0 spiro atoms. The highest BCUT2D eigenvalue weighted by Crippen LogP contribution is 2.47. The Bertz CT molecular complexity index is 1710. The van der Waals surface area contributed by atoms with Crippen molar-refractivity contribution >= 4 is 37.8 Å². The van der Waals surface area contributed by atoms with Crippen molar-refractivity contribution in [1.82, 2.24) is 24.6 Å². The number of likely N-dealkylation sites (N-methyl/N-ethyl adjacent to an activating group) is 1. The van der Waals surface area contributed by atoms with E-state index in [4.69, 9.17) is 14.1 Å². The van der Waals surface area contributed by atoms with Gasteiger partial charge in [-0.3, -0.25) is 9.69 Å².